The summed E-state index contributed by atoms with van der Waals surface area (Å²) in [6.45, 7) is 6.03. The van der Waals surface area contributed by atoms with Crippen molar-refractivity contribution in [1.82, 2.24) is 29.3 Å². The maximum absolute atomic E-state index is 13.6. The number of anilines is 1. The maximum Gasteiger partial charge on any atom is 0.225 e. The van der Waals surface area contributed by atoms with E-state index in [0.717, 1.165) is 69.8 Å². The maximum atomic E-state index is 13.6. The van der Waals surface area contributed by atoms with Crippen molar-refractivity contribution in [2.75, 3.05) is 30.9 Å². The molecule has 2 aliphatic rings. The van der Waals surface area contributed by atoms with Crippen LogP contribution < -0.4 is 4.72 Å². The van der Waals surface area contributed by atoms with Gasteiger partial charge in [0.25, 0.3) is 0 Å². The number of rotatable bonds is 8. The summed E-state index contributed by atoms with van der Waals surface area (Å²) < 4.78 is 17.6. The van der Waals surface area contributed by atoms with Crippen molar-refractivity contribution in [3.8, 4) is 11.3 Å². The highest BCUT2D eigenvalue weighted by Crippen LogP contribution is 2.40. The number of aryl methyl sites for hydroxylation is 2. The summed E-state index contributed by atoms with van der Waals surface area (Å²) >= 11 is 0. The second kappa shape index (κ2) is 13.2. The smallest absolute Gasteiger partial charge is 0.225 e. The molecule has 0 radical (unpaired) electrons. The number of likely N-dealkylation sites (tertiary alicyclic amines) is 2. The summed E-state index contributed by atoms with van der Waals surface area (Å²) in [5, 5.41) is 1.78. The van der Waals surface area contributed by atoms with Crippen LogP contribution in [0.1, 0.15) is 48.6 Å². The number of hydrogen-bond donors (Lipinski definition) is 2. The number of nitrogens with zero attached hydrogens (tertiary/aromatic N) is 5. The van der Waals surface area contributed by atoms with E-state index in [1.165, 1.54) is 27.7 Å². The van der Waals surface area contributed by atoms with E-state index >= 15 is 0 Å². The predicted octanol–water partition coefficient (Wildman–Crippen LogP) is 6.02. The van der Waals surface area contributed by atoms with Crippen molar-refractivity contribution in [2.24, 2.45) is 13.0 Å². The molecule has 2 N–H and O–H groups in total. The summed E-state index contributed by atoms with van der Waals surface area (Å²) in [5.74, 6) is 2.20. The van der Waals surface area contributed by atoms with Crippen molar-refractivity contribution in [1.29, 1.82) is 0 Å². The zero-order valence-corrected chi connectivity index (χ0v) is 27.3. The van der Waals surface area contributed by atoms with Crippen LogP contribution in [0, 0.1) is 12.8 Å². The van der Waals surface area contributed by atoms with Crippen LogP contribution >= 0.6 is 0 Å². The molecule has 1 amide bonds. The first-order chi connectivity index (χ1) is 22.4. The molecule has 2 fully saturated rings. The van der Waals surface area contributed by atoms with Crippen molar-refractivity contribution < 1.29 is 9.00 Å². The van der Waals surface area contributed by atoms with Crippen molar-refractivity contribution in [2.45, 2.75) is 50.1 Å². The SMILES string of the molecule is Cc1nc(S(=O)Nc2cc(CN3CCC(C(=O)N4CCC(c5c(-c6ccccc6)[nH]c6ccccc56)CC4)CC3)ccn2)cn1C. The largest absolute Gasteiger partial charge is 0.354 e. The summed E-state index contributed by atoms with van der Waals surface area (Å²) in [4.78, 5) is 30.6. The third-order valence-electron chi connectivity index (χ3n) is 9.66. The van der Waals surface area contributed by atoms with E-state index in [0.29, 0.717) is 22.7 Å². The topological polar surface area (TPSA) is 99.2 Å². The fraction of sp³-hybridized carbons (Fsp3) is 0.361. The molecular formula is C36H41N7O2S. The van der Waals surface area contributed by atoms with Crippen molar-refractivity contribution in [3.05, 3.63) is 96.1 Å². The van der Waals surface area contributed by atoms with Gasteiger partial charge in [-0.15, -0.1) is 0 Å². The zero-order valence-electron chi connectivity index (χ0n) is 26.5. The summed E-state index contributed by atoms with van der Waals surface area (Å²) in [7, 11) is 0.402. The van der Waals surface area contributed by atoms with Crippen LogP contribution in [0.2, 0.25) is 0 Å². The van der Waals surface area contributed by atoms with E-state index in [2.05, 4.69) is 84.1 Å². The monoisotopic (exact) mass is 635 g/mol. The van der Waals surface area contributed by atoms with Crippen LogP contribution in [0.3, 0.4) is 0 Å². The Balaban J connectivity index is 0.929. The molecule has 7 rings (SSSR count). The highest BCUT2D eigenvalue weighted by atomic mass is 32.2. The fourth-order valence-corrected chi connectivity index (χ4v) is 7.93. The average molecular weight is 636 g/mol. The third kappa shape index (κ3) is 6.37. The van der Waals surface area contributed by atoms with Gasteiger partial charge in [-0.1, -0.05) is 48.5 Å². The van der Waals surface area contributed by atoms with Gasteiger partial charge < -0.3 is 14.5 Å². The number of aromatic amines is 1. The van der Waals surface area contributed by atoms with Crippen LogP contribution in [0.5, 0.6) is 0 Å². The Bertz CT molecular complexity index is 1830. The Kier molecular flexibility index (Phi) is 8.73. The molecule has 3 aromatic heterocycles. The van der Waals surface area contributed by atoms with Crippen LogP contribution in [0.15, 0.2) is 84.1 Å². The summed E-state index contributed by atoms with van der Waals surface area (Å²) in [6.07, 6.45) is 7.22. The number of carbonyl (C=O) groups is 1. The van der Waals surface area contributed by atoms with Gasteiger partial charge in [0, 0.05) is 61.6 Å². The first-order valence-corrected chi connectivity index (χ1v) is 17.4. The second-order valence-electron chi connectivity index (χ2n) is 12.6. The molecule has 9 nitrogen and oxygen atoms in total. The first-order valence-electron chi connectivity index (χ1n) is 16.2. The van der Waals surface area contributed by atoms with E-state index in [1.54, 1.807) is 12.4 Å². The lowest BCUT2D eigenvalue weighted by Crippen LogP contribution is -2.45. The minimum Gasteiger partial charge on any atom is -0.354 e. The lowest BCUT2D eigenvalue weighted by molar-refractivity contribution is -0.138. The summed E-state index contributed by atoms with van der Waals surface area (Å²) in [5.41, 5.74) is 6.11. The molecule has 5 heterocycles. The Morgan fingerprint density at radius 1 is 0.978 bits per heavy atom. The van der Waals surface area contributed by atoms with Gasteiger partial charge in [0.2, 0.25) is 5.91 Å². The number of fused-ring (bicyclic) bond motifs is 1. The Morgan fingerprint density at radius 2 is 1.72 bits per heavy atom. The minimum absolute atomic E-state index is 0.0830. The highest BCUT2D eigenvalue weighted by Gasteiger charge is 2.33. The number of H-pyrrole nitrogens is 1. The van der Waals surface area contributed by atoms with E-state index in [9.17, 15) is 9.00 Å². The van der Waals surface area contributed by atoms with Gasteiger partial charge in [-0.2, -0.15) is 0 Å². The molecule has 46 heavy (non-hydrogen) atoms. The molecule has 1 unspecified atom stereocenters. The lowest BCUT2D eigenvalue weighted by Gasteiger charge is -2.37. The van der Waals surface area contributed by atoms with Gasteiger partial charge in [-0.25, -0.2) is 14.2 Å². The molecule has 10 heteroatoms. The molecular weight excluding hydrogens is 595 g/mol. The molecule has 5 aromatic rings. The highest BCUT2D eigenvalue weighted by molar-refractivity contribution is 7.86. The lowest BCUT2D eigenvalue weighted by atomic mass is 9.85. The number of amides is 1. The number of benzene rings is 2. The number of hydrogen-bond acceptors (Lipinski definition) is 5. The number of aromatic nitrogens is 4. The normalized spacial score (nSPS) is 17.4. The van der Waals surface area contributed by atoms with Gasteiger partial charge in [0.15, 0.2) is 16.0 Å². The van der Waals surface area contributed by atoms with Gasteiger partial charge in [0.05, 0.1) is 0 Å². The number of imidazole rings is 1. The number of carbonyl (C=O) groups excluding carboxylic acids is 1. The van der Waals surface area contributed by atoms with Gasteiger partial charge in [-0.3, -0.25) is 14.4 Å². The van der Waals surface area contributed by atoms with E-state index in [4.69, 9.17) is 0 Å². The van der Waals surface area contributed by atoms with Crippen LogP contribution in [0.25, 0.3) is 22.2 Å². The zero-order chi connectivity index (χ0) is 31.6. The number of para-hydroxylation sites is 1. The van der Waals surface area contributed by atoms with Gasteiger partial charge in [-0.05, 0) is 86.5 Å². The van der Waals surface area contributed by atoms with Crippen LogP contribution in [0.4, 0.5) is 5.82 Å². The van der Waals surface area contributed by atoms with Gasteiger partial charge >= 0.3 is 0 Å². The molecule has 0 saturated carbocycles. The van der Waals surface area contributed by atoms with E-state index < -0.39 is 11.0 Å². The first kappa shape index (κ1) is 30.4. The minimum atomic E-state index is -1.48. The molecule has 2 aliphatic heterocycles. The van der Waals surface area contributed by atoms with Gasteiger partial charge in [0.1, 0.15) is 11.6 Å². The quantitative estimate of drug-likeness (QED) is 0.217. The van der Waals surface area contributed by atoms with Crippen LogP contribution in [-0.4, -0.2) is 65.6 Å². The molecule has 2 aromatic carbocycles. The van der Waals surface area contributed by atoms with Crippen molar-refractivity contribution >= 4 is 33.6 Å². The predicted molar refractivity (Wildman–Crippen MR) is 183 cm³/mol. The van der Waals surface area contributed by atoms with E-state index in [-0.39, 0.29) is 5.92 Å². The molecule has 1 atom stereocenters. The Labute approximate surface area is 272 Å². The second-order valence-corrected chi connectivity index (χ2v) is 13.8. The van der Waals surface area contributed by atoms with Crippen LogP contribution in [-0.2, 0) is 29.4 Å². The Hall–Kier alpha value is -4.28. The number of pyridine rings is 1. The fourth-order valence-electron chi connectivity index (χ4n) is 7.05. The number of nitrogens with one attached hydrogen (secondary N) is 2. The summed E-state index contributed by atoms with van der Waals surface area (Å²) in [6, 6.07) is 23.1. The molecule has 0 aliphatic carbocycles. The molecule has 0 spiro atoms. The Morgan fingerprint density at radius 3 is 2.46 bits per heavy atom. The number of piperidine rings is 2. The molecule has 238 valence electrons. The molecule has 2 saturated heterocycles. The standard InChI is InChI=1S/C36H41N7O2S/c1-25-38-33(24-41(25)2)46(45)40-32-22-26(12-17-37-32)23-42-18-13-29(14-19-42)36(44)43-20-15-27(16-21-43)34-30-10-6-7-11-31(30)39-35(34)28-8-4-3-5-9-28/h3-12,17,22,24,27,29,39H,13-16,18-21,23H2,1-2H3,(H,37,40). The van der Waals surface area contributed by atoms with Crippen molar-refractivity contribution in [3.63, 3.8) is 0 Å². The third-order valence-corrected chi connectivity index (χ3v) is 10.6. The van der Waals surface area contributed by atoms with E-state index in [1.807, 2.05) is 30.7 Å². The molecule has 0 bridgehead atoms. The average Bonchev–Trinajstić information content (AvgIpc) is 3.65.